The van der Waals surface area contributed by atoms with Gasteiger partial charge in [-0.15, -0.1) is 0 Å². The van der Waals surface area contributed by atoms with E-state index in [1.165, 1.54) is 19.2 Å². The van der Waals surface area contributed by atoms with E-state index in [-0.39, 0.29) is 38.8 Å². The van der Waals surface area contributed by atoms with Crippen LogP contribution in [-0.4, -0.2) is 38.5 Å². The number of benzene rings is 2. The molecular weight excluding hydrogens is 618 g/mol. The highest BCUT2D eigenvalue weighted by Gasteiger charge is 2.49. The molecule has 9 heteroatoms. The first-order chi connectivity index (χ1) is 19.6. The smallest absolute Gasteiger partial charge is 0.339 e. The van der Waals surface area contributed by atoms with Crippen molar-refractivity contribution in [1.82, 2.24) is 4.90 Å². The van der Waals surface area contributed by atoms with E-state index in [1.807, 2.05) is 6.92 Å². The molecule has 0 aromatic heterocycles. The molecule has 0 atom stereocenters. The number of allylic oxidation sites excluding steroid dienone is 4. The fraction of sp³-hybridized carbons (Fsp3) is 0.455. The fourth-order valence-electron chi connectivity index (χ4n) is 6.61. The molecule has 2 aromatic carbocycles. The molecule has 0 radical (unpaired) electrons. The molecule has 42 heavy (non-hydrogen) atoms. The van der Waals surface area contributed by atoms with Crippen LogP contribution in [0.25, 0.3) is 0 Å². The SMILES string of the molecule is CCN1C2=C(C(=O)CC(C)(C)C2)C(c2cc(Br)c(OS(=O)(=O)c3ccc(C)cc3)c(OC)c2)C2=C1CC(C)(C)CC2=O. The summed E-state index contributed by atoms with van der Waals surface area (Å²) in [7, 11) is -2.72. The third kappa shape index (κ3) is 5.46. The van der Waals surface area contributed by atoms with E-state index in [4.69, 9.17) is 8.92 Å². The summed E-state index contributed by atoms with van der Waals surface area (Å²) in [5, 5.41) is 0. The van der Waals surface area contributed by atoms with E-state index >= 15 is 0 Å². The topological polar surface area (TPSA) is 90.0 Å². The fourth-order valence-corrected chi connectivity index (χ4v) is 8.22. The van der Waals surface area contributed by atoms with Crippen LogP contribution in [0, 0.1) is 17.8 Å². The first-order valence-corrected chi connectivity index (χ1v) is 16.5. The summed E-state index contributed by atoms with van der Waals surface area (Å²) in [4.78, 5) is 30.0. The normalized spacial score (nSPS) is 20.4. The zero-order valence-electron chi connectivity index (χ0n) is 25.3. The van der Waals surface area contributed by atoms with E-state index in [0.29, 0.717) is 40.6 Å². The number of halogens is 1. The van der Waals surface area contributed by atoms with Crippen LogP contribution < -0.4 is 8.92 Å². The van der Waals surface area contributed by atoms with Gasteiger partial charge in [0.1, 0.15) is 4.90 Å². The van der Waals surface area contributed by atoms with Gasteiger partial charge in [-0.2, -0.15) is 8.42 Å². The molecule has 1 heterocycles. The predicted molar refractivity (Wildman–Crippen MR) is 165 cm³/mol. The Labute approximate surface area is 257 Å². The third-order valence-corrected chi connectivity index (χ3v) is 10.3. The molecule has 3 aliphatic rings. The molecule has 5 rings (SSSR count). The van der Waals surface area contributed by atoms with Crippen LogP contribution in [0.5, 0.6) is 11.5 Å². The Morgan fingerprint density at radius 3 is 1.90 bits per heavy atom. The molecule has 0 unspecified atom stereocenters. The quantitative estimate of drug-likeness (QED) is 0.303. The van der Waals surface area contributed by atoms with Crippen molar-refractivity contribution in [3.05, 3.63) is 74.5 Å². The van der Waals surface area contributed by atoms with Crippen molar-refractivity contribution in [2.45, 2.75) is 78.0 Å². The molecule has 0 amide bonds. The Hall–Kier alpha value is -2.91. The van der Waals surface area contributed by atoms with Crippen molar-refractivity contribution in [2.75, 3.05) is 13.7 Å². The largest absolute Gasteiger partial charge is 0.493 e. The number of carbonyl (C=O) groups is 2. The van der Waals surface area contributed by atoms with Crippen LogP contribution >= 0.6 is 15.9 Å². The maximum absolute atomic E-state index is 13.9. The number of rotatable bonds is 6. The number of nitrogens with zero attached hydrogens (tertiary/aromatic N) is 1. The summed E-state index contributed by atoms with van der Waals surface area (Å²) < 4.78 is 37.9. The summed E-state index contributed by atoms with van der Waals surface area (Å²) in [6.45, 7) is 13.0. The van der Waals surface area contributed by atoms with Gasteiger partial charge in [-0.05, 0) is 83.3 Å². The number of methoxy groups -OCH3 is 1. The highest BCUT2D eigenvalue weighted by molar-refractivity contribution is 9.10. The van der Waals surface area contributed by atoms with Gasteiger partial charge >= 0.3 is 10.1 Å². The van der Waals surface area contributed by atoms with Crippen LogP contribution in [0.4, 0.5) is 0 Å². The molecule has 2 aromatic rings. The summed E-state index contributed by atoms with van der Waals surface area (Å²) in [6, 6.07) is 9.85. The molecule has 224 valence electrons. The molecule has 2 aliphatic carbocycles. The molecular formula is C33H38BrNO6S. The lowest BCUT2D eigenvalue weighted by molar-refractivity contribution is -0.119. The van der Waals surface area contributed by atoms with Crippen LogP contribution in [0.15, 0.2) is 68.3 Å². The molecule has 0 saturated carbocycles. The van der Waals surface area contributed by atoms with Crippen molar-refractivity contribution in [2.24, 2.45) is 10.8 Å². The predicted octanol–water partition coefficient (Wildman–Crippen LogP) is 7.24. The van der Waals surface area contributed by atoms with Crippen LogP contribution in [0.1, 0.15) is 77.3 Å². The summed E-state index contributed by atoms with van der Waals surface area (Å²) in [6.07, 6.45) is 2.21. The van der Waals surface area contributed by atoms with Gasteiger partial charge < -0.3 is 13.8 Å². The summed E-state index contributed by atoms with van der Waals surface area (Å²) in [5.74, 6) is -0.330. The van der Waals surface area contributed by atoms with E-state index in [1.54, 1.807) is 24.3 Å². The van der Waals surface area contributed by atoms with E-state index in [0.717, 1.165) is 29.8 Å². The lowest BCUT2D eigenvalue weighted by Crippen LogP contribution is -2.44. The maximum Gasteiger partial charge on any atom is 0.339 e. The lowest BCUT2D eigenvalue weighted by Gasteiger charge is -2.49. The minimum atomic E-state index is -4.16. The Kier molecular flexibility index (Phi) is 7.76. The monoisotopic (exact) mass is 655 g/mol. The highest BCUT2D eigenvalue weighted by Crippen LogP contribution is 2.55. The Balaban J connectivity index is 1.68. The second kappa shape index (κ2) is 10.7. The molecule has 0 fully saturated rings. The van der Waals surface area contributed by atoms with Gasteiger partial charge in [-0.3, -0.25) is 9.59 Å². The zero-order chi connectivity index (χ0) is 30.8. The number of ketones is 2. The molecule has 7 nitrogen and oxygen atoms in total. The zero-order valence-corrected chi connectivity index (χ0v) is 27.7. The maximum atomic E-state index is 13.9. The van der Waals surface area contributed by atoms with Crippen molar-refractivity contribution in [1.29, 1.82) is 0 Å². The van der Waals surface area contributed by atoms with Gasteiger partial charge in [0, 0.05) is 47.8 Å². The highest BCUT2D eigenvalue weighted by atomic mass is 79.9. The van der Waals surface area contributed by atoms with Gasteiger partial charge in [0.25, 0.3) is 0 Å². The number of hydrogen-bond acceptors (Lipinski definition) is 7. The number of ether oxygens (including phenoxy) is 1. The Bertz CT molecular complexity index is 1600. The minimum absolute atomic E-state index is 0.00318. The standard InChI is InChI=1S/C33H38BrNO6S/c1-8-35-23-15-32(3,4)17-25(36)29(23)28(30-24(35)16-33(5,6)18-26(30)37)20-13-22(34)31(27(14-20)40-7)41-42(38,39)21-11-9-19(2)10-12-21/h9-14,28H,8,15-18H2,1-7H3. The molecule has 0 bridgehead atoms. The van der Waals surface area contributed by atoms with Gasteiger partial charge in [-0.25, -0.2) is 0 Å². The molecule has 0 saturated heterocycles. The van der Waals surface area contributed by atoms with Crippen molar-refractivity contribution in [3.8, 4) is 11.5 Å². The molecule has 0 N–H and O–H groups in total. The summed E-state index contributed by atoms with van der Waals surface area (Å²) in [5.41, 5.74) is 4.44. The van der Waals surface area contributed by atoms with Crippen molar-refractivity contribution in [3.63, 3.8) is 0 Å². The average Bonchev–Trinajstić information content (AvgIpc) is 2.87. The van der Waals surface area contributed by atoms with E-state index in [9.17, 15) is 18.0 Å². The van der Waals surface area contributed by atoms with Crippen molar-refractivity contribution < 1.29 is 26.9 Å². The van der Waals surface area contributed by atoms with Gasteiger partial charge in [0.2, 0.25) is 0 Å². The number of carbonyl (C=O) groups excluding carboxylic acids is 2. The second-order valence-electron chi connectivity index (χ2n) is 13.2. The summed E-state index contributed by atoms with van der Waals surface area (Å²) >= 11 is 3.53. The lowest BCUT2D eigenvalue weighted by atomic mass is 9.63. The average molecular weight is 657 g/mol. The van der Waals surface area contributed by atoms with Gasteiger partial charge in [0.05, 0.1) is 11.6 Å². The first kappa shape index (κ1) is 30.5. The number of hydrogen-bond donors (Lipinski definition) is 0. The van der Waals surface area contributed by atoms with E-state index in [2.05, 4.69) is 55.4 Å². The van der Waals surface area contributed by atoms with Crippen LogP contribution in [0.2, 0.25) is 0 Å². The van der Waals surface area contributed by atoms with Crippen LogP contribution in [0.3, 0.4) is 0 Å². The van der Waals surface area contributed by atoms with E-state index < -0.39 is 16.0 Å². The second-order valence-corrected chi connectivity index (χ2v) is 15.6. The molecule has 1 aliphatic heterocycles. The van der Waals surface area contributed by atoms with Gasteiger partial charge in [-0.1, -0.05) is 45.4 Å². The third-order valence-electron chi connectivity index (χ3n) is 8.43. The van der Waals surface area contributed by atoms with Crippen molar-refractivity contribution >= 4 is 37.6 Å². The van der Waals surface area contributed by atoms with Crippen LogP contribution in [-0.2, 0) is 19.7 Å². The van der Waals surface area contributed by atoms with Gasteiger partial charge in [0.15, 0.2) is 23.1 Å². The number of Topliss-reactive ketones (excluding diaryl/α,β-unsaturated/α-hetero) is 2. The first-order valence-electron chi connectivity index (χ1n) is 14.3. The Morgan fingerprint density at radius 2 is 1.43 bits per heavy atom. The molecule has 0 spiro atoms. The number of aryl methyl sites for hydroxylation is 1. The minimum Gasteiger partial charge on any atom is -0.493 e. The Morgan fingerprint density at radius 1 is 0.905 bits per heavy atom.